The third-order valence-electron chi connectivity index (χ3n) is 8.32. The monoisotopic (exact) mass is 628 g/mol. The second-order valence-electron chi connectivity index (χ2n) is 11.0. The molecule has 3 heterocycles. The summed E-state index contributed by atoms with van der Waals surface area (Å²) < 4.78 is 96.3. The Bertz CT molecular complexity index is 1570. The van der Waals surface area contributed by atoms with Crippen molar-refractivity contribution in [3.8, 4) is 0 Å². The van der Waals surface area contributed by atoms with Crippen LogP contribution in [-0.4, -0.2) is 80.6 Å². The van der Waals surface area contributed by atoms with Gasteiger partial charge in [-0.1, -0.05) is 12.1 Å². The van der Waals surface area contributed by atoms with Crippen LogP contribution < -0.4 is 10.5 Å². The van der Waals surface area contributed by atoms with Gasteiger partial charge in [-0.3, -0.25) is 14.5 Å². The number of carbonyl (C=O) groups excluding carboxylic acids is 2. The minimum atomic E-state index is -4.00. The molecule has 2 aromatic carbocycles. The SMILES string of the molecule is NC(Cc1cc(F)c(F)cc1F)C1C[C@H]2CC[C@@H](C1)N2S(=O)(=O)CCNS(=O)(=O)CCN1C(=O)c2ccccc2C1=O. The number of fused-ring (bicyclic) bond motifs is 3. The van der Waals surface area contributed by atoms with Crippen LogP contribution in [0.3, 0.4) is 0 Å². The number of rotatable bonds is 11. The number of hydrogen-bond donors (Lipinski definition) is 2. The quantitative estimate of drug-likeness (QED) is 0.285. The zero-order chi connectivity index (χ0) is 30.4. The maximum atomic E-state index is 14.1. The Labute approximate surface area is 242 Å². The van der Waals surface area contributed by atoms with Gasteiger partial charge in [0, 0.05) is 37.3 Å². The van der Waals surface area contributed by atoms with E-state index in [9.17, 15) is 39.6 Å². The summed E-state index contributed by atoms with van der Waals surface area (Å²) in [5.74, 6) is -5.73. The Morgan fingerprint density at radius 1 is 0.881 bits per heavy atom. The van der Waals surface area contributed by atoms with E-state index >= 15 is 0 Å². The van der Waals surface area contributed by atoms with E-state index in [2.05, 4.69) is 4.72 Å². The van der Waals surface area contributed by atoms with E-state index in [1.807, 2.05) is 0 Å². The van der Waals surface area contributed by atoms with Gasteiger partial charge in [0.15, 0.2) is 11.6 Å². The first-order valence-electron chi connectivity index (χ1n) is 13.6. The summed E-state index contributed by atoms with van der Waals surface area (Å²) in [6.45, 7) is -0.762. The Morgan fingerprint density at radius 3 is 2.05 bits per heavy atom. The predicted molar refractivity (Wildman–Crippen MR) is 147 cm³/mol. The van der Waals surface area contributed by atoms with Crippen molar-refractivity contribution in [2.45, 2.75) is 50.2 Å². The number of amides is 2. The first-order chi connectivity index (χ1) is 19.8. The van der Waals surface area contributed by atoms with Crippen LogP contribution in [-0.2, 0) is 26.5 Å². The molecule has 2 bridgehead atoms. The number of piperidine rings is 1. The molecule has 0 aliphatic carbocycles. The van der Waals surface area contributed by atoms with Crippen molar-refractivity contribution in [2.24, 2.45) is 11.7 Å². The molecule has 10 nitrogen and oxygen atoms in total. The molecule has 0 radical (unpaired) electrons. The molecule has 42 heavy (non-hydrogen) atoms. The van der Waals surface area contributed by atoms with E-state index in [1.54, 1.807) is 12.1 Å². The van der Waals surface area contributed by atoms with Gasteiger partial charge >= 0.3 is 0 Å². The number of nitrogens with one attached hydrogen (secondary N) is 1. The van der Waals surface area contributed by atoms with Crippen molar-refractivity contribution >= 4 is 31.9 Å². The van der Waals surface area contributed by atoms with Crippen LogP contribution in [0.1, 0.15) is 52.0 Å². The average Bonchev–Trinajstić information content (AvgIpc) is 3.35. The Morgan fingerprint density at radius 2 is 1.45 bits per heavy atom. The smallest absolute Gasteiger partial charge is 0.261 e. The molecule has 2 saturated heterocycles. The van der Waals surface area contributed by atoms with Gasteiger partial charge in [0.25, 0.3) is 11.8 Å². The highest BCUT2D eigenvalue weighted by molar-refractivity contribution is 7.90. The molecule has 2 fully saturated rings. The van der Waals surface area contributed by atoms with Gasteiger partial charge in [-0.05, 0) is 61.8 Å². The van der Waals surface area contributed by atoms with Gasteiger partial charge in [-0.2, -0.15) is 4.31 Å². The maximum absolute atomic E-state index is 14.1. The van der Waals surface area contributed by atoms with E-state index < -0.39 is 66.9 Å². The van der Waals surface area contributed by atoms with Crippen molar-refractivity contribution in [3.63, 3.8) is 0 Å². The molecule has 228 valence electrons. The fourth-order valence-corrected chi connectivity index (χ4v) is 9.25. The molecule has 3 aliphatic rings. The number of nitrogens with two attached hydrogens (primary N) is 1. The van der Waals surface area contributed by atoms with Crippen LogP contribution in [0.25, 0.3) is 0 Å². The molecule has 0 aromatic heterocycles. The standard InChI is InChI=1S/C27H31F3N4O6S2/c28-22-15-24(30)23(29)13-16(22)14-25(31)17-11-18-5-6-19(12-17)34(18)42(39,40)9-7-32-41(37,38)10-8-33-26(35)20-3-1-2-4-21(20)27(33)36/h1-4,13,15,17-19,25,32H,5-12,14,31H2/t17?,18-,19+,25?. The maximum Gasteiger partial charge on any atom is 0.261 e. The van der Waals surface area contributed by atoms with Gasteiger partial charge in [0.1, 0.15) is 5.82 Å². The molecule has 2 amide bonds. The number of sulfonamides is 2. The lowest BCUT2D eigenvalue weighted by Gasteiger charge is -2.40. The van der Waals surface area contributed by atoms with E-state index in [-0.39, 0.29) is 54.2 Å². The van der Waals surface area contributed by atoms with Crippen molar-refractivity contribution in [1.82, 2.24) is 13.9 Å². The minimum Gasteiger partial charge on any atom is -0.327 e. The van der Waals surface area contributed by atoms with Gasteiger partial charge < -0.3 is 5.73 Å². The number of carbonyl (C=O) groups is 2. The molecule has 2 aromatic rings. The topological polar surface area (TPSA) is 147 Å². The van der Waals surface area contributed by atoms with Crippen molar-refractivity contribution < 1.29 is 39.6 Å². The molecule has 15 heteroatoms. The minimum absolute atomic E-state index is 0.0254. The van der Waals surface area contributed by atoms with Crippen LogP contribution in [0, 0.1) is 23.4 Å². The van der Waals surface area contributed by atoms with Crippen LogP contribution >= 0.6 is 0 Å². The fourth-order valence-electron chi connectivity index (χ4n) is 6.28. The van der Waals surface area contributed by atoms with E-state index in [0.29, 0.717) is 31.7 Å². The lowest BCUT2D eigenvalue weighted by Crippen LogP contribution is -2.51. The van der Waals surface area contributed by atoms with Gasteiger partial charge in [-0.25, -0.2) is 34.7 Å². The summed E-state index contributed by atoms with van der Waals surface area (Å²) >= 11 is 0. The lowest BCUT2D eigenvalue weighted by molar-refractivity contribution is 0.0664. The van der Waals surface area contributed by atoms with Crippen LogP contribution in [0.15, 0.2) is 36.4 Å². The second kappa shape index (κ2) is 11.7. The molecule has 4 atom stereocenters. The number of hydrogen-bond acceptors (Lipinski definition) is 7. The van der Waals surface area contributed by atoms with Crippen LogP contribution in [0.2, 0.25) is 0 Å². The normalized spacial score (nSPS) is 23.4. The fraction of sp³-hybridized carbons (Fsp3) is 0.481. The molecule has 3 aliphatic heterocycles. The molecule has 2 unspecified atom stereocenters. The largest absolute Gasteiger partial charge is 0.327 e. The molecule has 3 N–H and O–H groups in total. The number of imide groups is 1. The average molecular weight is 629 g/mol. The first kappa shape index (κ1) is 30.6. The highest BCUT2D eigenvalue weighted by Gasteiger charge is 2.47. The van der Waals surface area contributed by atoms with Gasteiger partial charge in [0.2, 0.25) is 20.0 Å². The van der Waals surface area contributed by atoms with Gasteiger partial charge in [-0.15, -0.1) is 0 Å². The Kier molecular flexibility index (Phi) is 8.51. The summed E-state index contributed by atoms with van der Waals surface area (Å²) in [6.07, 6.45) is 1.99. The Hall–Kier alpha value is -2.85. The highest BCUT2D eigenvalue weighted by Crippen LogP contribution is 2.42. The summed E-state index contributed by atoms with van der Waals surface area (Å²) in [5.41, 5.74) is 6.68. The zero-order valence-electron chi connectivity index (χ0n) is 22.5. The zero-order valence-corrected chi connectivity index (χ0v) is 24.1. The predicted octanol–water partition coefficient (Wildman–Crippen LogP) is 1.76. The Balaban J connectivity index is 1.13. The summed E-state index contributed by atoms with van der Waals surface area (Å²) in [6, 6.07) is 6.15. The van der Waals surface area contributed by atoms with Gasteiger partial charge in [0.05, 0.1) is 22.6 Å². The first-order valence-corrected chi connectivity index (χ1v) is 16.9. The number of benzene rings is 2. The molecule has 5 rings (SSSR count). The van der Waals surface area contributed by atoms with Crippen LogP contribution in [0.5, 0.6) is 0 Å². The van der Waals surface area contributed by atoms with Crippen LogP contribution in [0.4, 0.5) is 13.2 Å². The van der Waals surface area contributed by atoms with Crippen molar-refractivity contribution in [1.29, 1.82) is 0 Å². The molecule has 0 saturated carbocycles. The third-order valence-corrected chi connectivity index (χ3v) is 11.6. The highest BCUT2D eigenvalue weighted by atomic mass is 32.2. The lowest BCUT2D eigenvalue weighted by atomic mass is 9.83. The summed E-state index contributed by atoms with van der Waals surface area (Å²) in [5, 5.41) is 0. The van der Waals surface area contributed by atoms with Crippen molar-refractivity contribution in [2.75, 3.05) is 24.6 Å². The van der Waals surface area contributed by atoms with E-state index in [0.717, 1.165) is 11.0 Å². The summed E-state index contributed by atoms with van der Waals surface area (Å²) in [4.78, 5) is 25.8. The number of halogens is 3. The summed E-state index contributed by atoms with van der Waals surface area (Å²) in [7, 11) is -7.86. The molecular formula is C27H31F3N4O6S2. The van der Waals surface area contributed by atoms with Crippen molar-refractivity contribution in [3.05, 3.63) is 70.5 Å². The van der Waals surface area contributed by atoms with E-state index in [1.165, 1.54) is 16.4 Å². The molecule has 0 spiro atoms. The third kappa shape index (κ3) is 6.11. The second-order valence-corrected chi connectivity index (χ2v) is 14.9. The van der Waals surface area contributed by atoms with E-state index in [4.69, 9.17) is 5.73 Å². The number of nitrogens with zero attached hydrogens (tertiary/aromatic N) is 2. The molecular weight excluding hydrogens is 597 g/mol.